The zero-order chi connectivity index (χ0) is 18.8. The maximum Gasteiger partial charge on any atom is 0.337 e. The number of nitrogens with one attached hydrogen (secondary N) is 1. The summed E-state index contributed by atoms with van der Waals surface area (Å²) in [4.78, 5) is 24.5. The lowest BCUT2D eigenvalue weighted by molar-refractivity contribution is 0.102. The first-order valence-electron chi connectivity index (χ1n) is 7.55. The average Bonchev–Trinajstić information content (AvgIpc) is 2.58. The molecule has 0 atom stereocenters. The van der Waals surface area contributed by atoms with E-state index in [1.165, 1.54) is 12.1 Å². The average molecular weight is 413 g/mol. The number of benzene rings is 2. The standard InChI is InChI=1S/C18H12Cl3NO4/c1-2-25-9-3-4-10-11(6-17(23)26-16(10)5-9)18(24)22-15-8-13(20)12(19)7-14(15)21/h3-8H,2H2,1H3,(H,22,24). The van der Waals surface area contributed by atoms with Crippen molar-refractivity contribution in [3.63, 3.8) is 0 Å². The Hall–Kier alpha value is -2.21. The maximum atomic E-state index is 12.7. The molecule has 0 aliphatic carbocycles. The molecule has 0 saturated heterocycles. The monoisotopic (exact) mass is 411 g/mol. The first-order chi connectivity index (χ1) is 12.4. The van der Waals surface area contributed by atoms with E-state index < -0.39 is 11.5 Å². The third-order valence-corrected chi connectivity index (χ3v) is 4.56. The van der Waals surface area contributed by atoms with Crippen molar-refractivity contribution in [1.29, 1.82) is 0 Å². The number of ether oxygens (including phenoxy) is 1. The second kappa shape index (κ2) is 7.58. The minimum atomic E-state index is -0.656. The highest BCUT2D eigenvalue weighted by Gasteiger charge is 2.16. The Kier molecular flexibility index (Phi) is 5.41. The number of amides is 1. The lowest BCUT2D eigenvalue weighted by atomic mass is 10.1. The molecule has 3 aromatic rings. The normalized spacial score (nSPS) is 10.8. The van der Waals surface area contributed by atoms with Crippen LogP contribution in [0.4, 0.5) is 5.69 Å². The second-order valence-corrected chi connectivity index (χ2v) is 6.49. The van der Waals surface area contributed by atoms with Gasteiger partial charge in [0.15, 0.2) is 0 Å². The highest BCUT2D eigenvalue weighted by atomic mass is 35.5. The number of carbonyl (C=O) groups excluding carboxylic acids is 1. The summed E-state index contributed by atoms with van der Waals surface area (Å²) in [5.41, 5.74) is 0.00482. The maximum absolute atomic E-state index is 12.7. The molecule has 0 spiro atoms. The summed E-state index contributed by atoms with van der Waals surface area (Å²) in [6.45, 7) is 2.30. The molecule has 0 saturated carbocycles. The molecular weight excluding hydrogens is 401 g/mol. The fraction of sp³-hybridized carbons (Fsp3) is 0.111. The lowest BCUT2D eigenvalue weighted by Crippen LogP contribution is -2.15. The van der Waals surface area contributed by atoms with E-state index in [2.05, 4.69) is 5.32 Å². The first kappa shape index (κ1) is 18.6. The van der Waals surface area contributed by atoms with Gasteiger partial charge in [-0.2, -0.15) is 0 Å². The fourth-order valence-corrected chi connectivity index (χ4v) is 2.99. The van der Waals surface area contributed by atoms with Crippen LogP contribution in [0.1, 0.15) is 17.3 Å². The number of fused-ring (bicyclic) bond motifs is 1. The van der Waals surface area contributed by atoms with Gasteiger partial charge in [0.2, 0.25) is 0 Å². The van der Waals surface area contributed by atoms with Crippen LogP contribution < -0.4 is 15.7 Å². The molecule has 0 aliphatic heterocycles. The Morgan fingerprint density at radius 2 is 1.81 bits per heavy atom. The van der Waals surface area contributed by atoms with E-state index >= 15 is 0 Å². The SMILES string of the molecule is CCOc1ccc2c(C(=O)Nc3cc(Cl)c(Cl)cc3Cl)cc(=O)oc2c1. The van der Waals surface area contributed by atoms with Crippen molar-refractivity contribution in [2.24, 2.45) is 0 Å². The minimum Gasteiger partial charge on any atom is -0.494 e. The van der Waals surface area contributed by atoms with Crippen molar-refractivity contribution >= 4 is 57.4 Å². The quantitative estimate of drug-likeness (QED) is 0.460. The van der Waals surface area contributed by atoms with Gasteiger partial charge in [0.25, 0.3) is 5.91 Å². The molecule has 0 fully saturated rings. The van der Waals surface area contributed by atoms with Gasteiger partial charge in [0, 0.05) is 17.5 Å². The number of anilines is 1. The predicted octanol–water partition coefficient (Wildman–Crippen LogP) is 5.40. The Morgan fingerprint density at radius 1 is 1.08 bits per heavy atom. The van der Waals surface area contributed by atoms with Gasteiger partial charge in [0.1, 0.15) is 11.3 Å². The number of hydrogen-bond acceptors (Lipinski definition) is 4. The second-order valence-electron chi connectivity index (χ2n) is 5.27. The van der Waals surface area contributed by atoms with Crippen molar-refractivity contribution < 1.29 is 13.9 Å². The molecule has 1 N–H and O–H groups in total. The molecule has 2 aromatic carbocycles. The minimum absolute atomic E-state index is 0.140. The molecule has 0 aliphatic rings. The molecule has 1 heterocycles. The largest absolute Gasteiger partial charge is 0.494 e. The molecule has 5 nitrogen and oxygen atoms in total. The highest BCUT2D eigenvalue weighted by molar-refractivity contribution is 6.44. The molecule has 0 radical (unpaired) electrons. The summed E-state index contributed by atoms with van der Waals surface area (Å²) in [5.74, 6) is 0.000541. The smallest absolute Gasteiger partial charge is 0.337 e. The summed E-state index contributed by atoms with van der Waals surface area (Å²) < 4.78 is 10.6. The van der Waals surface area contributed by atoms with Crippen LogP contribution in [0.3, 0.4) is 0 Å². The fourth-order valence-electron chi connectivity index (χ4n) is 2.40. The van der Waals surface area contributed by atoms with Gasteiger partial charge in [-0.3, -0.25) is 4.79 Å². The van der Waals surface area contributed by atoms with Crippen LogP contribution in [-0.4, -0.2) is 12.5 Å². The Morgan fingerprint density at radius 3 is 2.54 bits per heavy atom. The van der Waals surface area contributed by atoms with E-state index in [1.54, 1.807) is 18.2 Å². The third-order valence-electron chi connectivity index (χ3n) is 3.53. The first-order valence-corrected chi connectivity index (χ1v) is 8.69. The van der Waals surface area contributed by atoms with Gasteiger partial charge in [-0.05, 0) is 31.2 Å². The summed E-state index contributed by atoms with van der Waals surface area (Å²) in [5, 5.41) is 3.82. The summed E-state index contributed by atoms with van der Waals surface area (Å²) in [6.07, 6.45) is 0. The van der Waals surface area contributed by atoms with Crippen molar-refractivity contribution in [3.8, 4) is 5.75 Å². The van der Waals surface area contributed by atoms with Crippen molar-refractivity contribution in [1.82, 2.24) is 0 Å². The van der Waals surface area contributed by atoms with E-state index in [-0.39, 0.29) is 31.9 Å². The predicted molar refractivity (Wildman–Crippen MR) is 103 cm³/mol. The number of hydrogen-bond donors (Lipinski definition) is 1. The molecule has 26 heavy (non-hydrogen) atoms. The van der Waals surface area contributed by atoms with Gasteiger partial charge >= 0.3 is 5.63 Å². The van der Waals surface area contributed by atoms with E-state index in [0.29, 0.717) is 17.7 Å². The summed E-state index contributed by atoms with van der Waals surface area (Å²) in [7, 11) is 0. The van der Waals surface area contributed by atoms with E-state index in [0.717, 1.165) is 6.07 Å². The zero-order valence-corrected chi connectivity index (χ0v) is 15.7. The van der Waals surface area contributed by atoms with E-state index in [4.69, 9.17) is 44.0 Å². The van der Waals surface area contributed by atoms with Gasteiger partial charge in [0.05, 0.1) is 32.9 Å². The highest BCUT2D eigenvalue weighted by Crippen LogP contribution is 2.33. The summed E-state index contributed by atoms with van der Waals surface area (Å²) >= 11 is 17.9. The number of carbonyl (C=O) groups is 1. The van der Waals surface area contributed by atoms with Crippen LogP contribution in [0.25, 0.3) is 11.0 Å². The number of halogens is 3. The van der Waals surface area contributed by atoms with Crippen LogP contribution in [-0.2, 0) is 0 Å². The molecule has 0 unspecified atom stereocenters. The zero-order valence-electron chi connectivity index (χ0n) is 13.4. The van der Waals surface area contributed by atoms with Crippen molar-refractivity contribution in [3.05, 3.63) is 67.4 Å². The Balaban J connectivity index is 2.03. The van der Waals surface area contributed by atoms with Gasteiger partial charge < -0.3 is 14.5 Å². The van der Waals surface area contributed by atoms with E-state index in [1.807, 2.05) is 6.92 Å². The van der Waals surface area contributed by atoms with Crippen LogP contribution in [0.2, 0.25) is 15.1 Å². The number of rotatable bonds is 4. The lowest BCUT2D eigenvalue weighted by Gasteiger charge is -2.10. The van der Waals surface area contributed by atoms with Gasteiger partial charge in [-0.25, -0.2) is 4.79 Å². The molecular formula is C18H12Cl3NO4. The van der Waals surface area contributed by atoms with Crippen LogP contribution >= 0.6 is 34.8 Å². The third kappa shape index (κ3) is 3.80. The van der Waals surface area contributed by atoms with Gasteiger partial charge in [-0.15, -0.1) is 0 Å². The van der Waals surface area contributed by atoms with Crippen molar-refractivity contribution in [2.75, 3.05) is 11.9 Å². The summed E-state index contributed by atoms with van der Waals surface area (Å²) in [6, 6.07) is 8.87. The molecule has 8 heteroatoms. The molecule has 134 valence electrons. The van der Waals surface area contributed by atoms with Crippen LogP contribution in [0.15, 0.2) is 45.6 Å². The van der Waals surface area contributed by atoms with E-state index in [9.17, 15) is 9.59 Å². The van der Waals surface area contributed by atoms with Crippen LogP contribution in [0, 0.1) is 0 Å². The topological polar surface area (TPSA) is 68.5 Å². The Labute approximate surface area is 163 Å². The molecule has 1 aromatic heterocycles. The molecule has 0 bridgehead atoms. The van der Waals surface area contributed by atoms with Crippen LogP contribution in [0.5, 0.6) is 5.75 Å². The van der Waals surface area contributed by atoms with Crippen molar-refractivity contribution in [2.45, 2.75) is 6.92 Å². The molecule has 1 amide bonds. The van der Waals surface area contributed by atoms with Gasteiger partial charge in [-0.1, -0.05) is 34.8 Å². The Bertz CT molecular complexity index is 1060. The molecule has 3 rings (SSSR count).